The summed E-state index contributed by atoms with van der Waals surface area (Å²) in [6.07, 6.45) is 3.76. The number of imidazole rings is 1. The predicted molar refractivity (Wildman–Crippen MR) is 104 cm³/mol. The van der Waals surface area contributed by atoms with Crippen molar-refractivity contribution in [2.45, 2.75) is 6.42 Å². The number of hydrogen-bond donors (Lipinski definition) is 1. The molecular weight excluding hydrogens is 365 g/mol. The Hall–Kier alpha value is -3.18. The lowest BCUT2D eigenvalue weighted by atomic mass is 10.1. The second-order valence-electron chi connectivity index (χ2n) is 6.09. The Labute approximate surface area is 160 Å². The van der Waals surface area contributed by atoms with Crippen molar-refractivity contribution in [1.29, 1.82) is 0 Å². The summed E-state index contributed by atoms with van der Waals surface area (Å²) in [5, 5.41) is 3.00. The lowest BCUT2D eigenvalue weighted by Crippen LogP contribution is -2.15. The maximum absolute atomic E-state index is 13.8. The van der Waals surface area contributed by atoms with E-state index in [1.54, 1.807) is 18.2 Å². The van der Waals surface area contributed by atoms with E-state index in [1.165, 1.54) is 12.1 Å². The molecule has 2 heterocycles. The molecule has 0 saturated heterocycles. The van der Waals surface area contributed by atoms with E-state index in [-0.39, 0.29) is 22.9 Å². The smallest absolute Gasteiger partial charge is 0.228 e. The largest absolute Gasteiger partial charge is 0.326 e. The van der Waals surface area contributed by atoms with Gasteiger partial charge in [0.15, 0.2) is 0 Å². The molecule has 0 bridgehead atoms. The highest BCUT2D eigenvalue weighted by Gasteiger charge is 2.12. The number of nitrogens with zero attached hydrogens (tertiary/aromatic N) is 2. The van der Waals surface area contributed by atoms with Crippen LogP contribution in [0.2, 0.25) is 5.02 Å². The Morgan fingerprint density at radius 1 is 1.07 bits per heavy atom. The van der Waals surface area contributed by atoms with Gasteiger partial charge in [0, 0.05) is 34.2 Å². The van der Waals surface area contributed by atoms with Crippen LogP contribution in [-0.2, 0) is 11.2 Å². The van der Waals surface area contributed by atoms with E-state index in [9.17, 15) is 9.18 Å². The molecule has 0 saturated carbocycles. The standard InChI is InChI=1S/C21H15ClFN3O/c22-17-4-3-5-18(23)16(17)12-21(27)24-15-9-7-14(8-10-15)19-13-26-11-2-1-6-20(26)25-19/h1-11,13H,12H2,(H,24,27). The van der Waals surface area contributed by atoms with Crippen LogP contribution in [0, 0.1) is 5.82 Å². The zero-order valence-electron chi connectivity index (χ0n) is 14.2. The molecule has 2 aromatic heterocycles. The molecule has 6 heteroatoms. The number of nitrogens with one attached hydrogen (secondary N) is 1. The highest BCUT2D eigenvalue weighted by molar-refractivity contribution is 6.31. The van der Waals surface area contributed by atoms with Crippen LogP contribution in [0.5, 0.6) is 0 Å². The Bertz CT molecular complexity index is 1070. The summed E-state index contributed by atoms with van der Waals surface area (Å²) in [5.41, 5.74) is 3.47. The van der Waals surface area contributed by atoms with Crippen molar-refractivity contribution in [2.24, 2.45) is 0 Å². The molecule has 4 nitrogen and oxygen atoms in total. The number of rotatable bonds is 4. The fraction of sp³-hybridized carbons (Fsp3) is 0.0476. The van der Waals surface area contributed by atoms with E-state index in [0.717, 1.165) is 16.9 Å². The fourth-order valence-electron chi connectivity index (χ4n) is 2.87. The summed E-state index contributed by atoms with van der Waals surface area (Å²) in [6.45, 7) is 0. The third-order valence-electron chi connectivity index (χ3n) is 4.23. The molecule has 27 heavy (non-hydrogen) atoms. The van der Waals surface area contributed by atoms with Gasteiger partial charge in [0.25, 0.3) is 0 Å². The van der Waals surface area contributed by atoms with Crippen molar-refractivity contribution < 1.29 is 9.18 Å². The number of halogens is 2. The summed E-state index contributed by atoms with van der Waals surface area (Å²) >= 11 is 5.97. The van der Waals surface area contributed by atoms with Gasteiger partial charge in [-0.05, 0) is 36.4 Å². The SMILES string of the molecule is O=C(Cc1c(F)cccc1Cl)Nc1ccc(-c2cn3ccccc3n2)cc1. The number of carbonyl (C=O) groups excluding carboxylic acids is 1. The molecule has 0 unspecified atom stereocenters. The highest BCUT2D eigenvalue weighted by atomic mass is 35.5. The topological polar surface area (TPSA) is 46.4 Å². The van der Waals surface area contributed by atoms with Crippen LogP contribution >= 0.6 is 11.6 Å². The number of benzene rings is 2. The Morgan fingerprint density at radius 2 is 1.89 bits per heavy atom. The Balaban J connectivity index is 1.48. The lowest BCUT2D eigenvalue weighted by Gasteiger charge is -2.08. The van der Waals surface area contributed by atoms with Gasteiger partial charge in [0.2, 0.25) is 5.91 Å². The molecule has 0 aliphatic heterocycles. The molecule has 0 atom stereocenters. The van der Waals surface area contributed by atoms with Crippen molar-refractivity contribution in [1.82, 2.24) is 9.38 Å². The minimum Gasteiger partial charge on any atom is -0.326 e. The summed E-state index contributed by atoms with van der Waals surface area (Å²) in [5.74, 6) is -0.817. The quantitative estimate of drug-likeness (QED) is 0.544. The fourth-order valence-corrected chi connectivity index (χ4v) is 3.09. The van der Waals surface area contributed by atoms with Crippen molar-refractivity contribution in [3.63, 3.8) is 0 Å². The molecule has 1 amide bonds. The molecule has 0 aliphatic carbocycles. The molecule has 1 N–H and O–H groups in total. The second kappa shape index (κ2) is 7.21. The Morgan fingerprint density at radius 3 is 2.63 bits per heavy atom. The number of hydrogen-bond acceptors (Lipinski definition) is 2. The number of carbonyl (C=O) groups is 1. The second-order valence-corrected chi connectivity index (χ2v) is 6.50. The molecule has 134 valence electrons. The number of amides is 1. The number of pyridine rings is 1. The first-order chi connectivity index (χ1) is 13.1. The molecule has 4 rings (SSSR count). The molecule has 0 aliphatic rings. The van der Waals surface area contributed by atoms with E-state index in [2.05, 4.69) is 10.3 Å². The summed E-state index contributed by atoms with van der Waals surface area (Å²) in [7, 11) is 0. The minimum absolute atomic E-state index is 0.125. The van der Waals surface area contributed by atoms with Crippen LogP contribution in [0.25, 0.3) is 16.9 Å². The average Bonchev–Trinajstić information content (AvgIpc) is 3.10. The normalized spacial score (nSPS) is 10.9. The summed E-state index contributed by atoms with van der Waals surface area (Å²) in [4.78, 5) is 16.8. The number of aromatic nitrogens is 2. The molecule has 0 fully saturated rings. The zero-order valence-corrected chi connectivity index (χ0v) is 14.9. The van der Waals surface area contributed by atoms with Gasteiger partial charge in [-0.3, -0.25) is 4.79 Å². The first-order valence-electron chi connectivity index (χ1n) is 8.37. The van der Waals surface area contributed by atoms with Gasteiger partial charge < -0.3 is 9.72 Å². The first kappa shape index (κ1) is 17.2. The van der Waals surface area contributed by atoms with Crippen LogP contribution in [0.4, 0.5) is 10.1 Å². The lowest BCUT2D eigenvalue weighted by molar-refractivity contribution is -0.115. The molecular formula is C21H15ClFN3O. The summed E-state index contributed by atoms with van der Waals surface area (Å²) in [6, 6.07) is 17.5. The van der Waals surface area contributed by atoms with Crippen LogP contribution in [0.15, 0.2) is 73.1 Å². The van der Waals surface area contributed by atoms with Crippen molar-refractivity contribution in [3.8, 4) is 11.3 Å². The van der Waals surface area contributed by atoms with Crippen molar-refractivity contribution in [3.05, 3.63) is 89.5 Å². The maximum atomic E-state index is 13.8. The van der Waals surface area contributed by atoms with E-state index in [1.807, 2.05) is 47.1 Å². The zero-order chi connectivity index (χ0) is 18.8. The van der Waals surface area contributed by atoms with Crippen molar-refractivity contribution in [2.75, 3.05) is 5.32 Å². The third kappa shape index (κ3) is 3.68. The van der Waals surface area contributed by atoms with Crippen molar-refractivity contribution >= 4 is 28.8 Å². The minimum atomic E-state index is -0.486. The summed E-state index contributed by atoms with van der Waals surface area (Å²) < 4.78 is 15.8. The highest BCUT2D eigenvalue weighted by Crippen LogP contribution is 2.23. The predicted octanol–water partition coefficient (Wildman–Crippen LogP) is 4.98. The van der Waals surface area contributed by atoms with E-state index in [4.69, 9.17) is 11.6 Å². The molecule has 0 spiro atoms. The number of anilines is 1. The van der Waals surface area contributed by atoms with Gasteiger partial charge in [-0.1, -0.05) is 35.9 Å². The van der Waals surface area contributed by atoms with Gasteiger partial charge >= 0.3 is 0 Å². The van der Waals surface area contributed by atoms with E-state index >= 15 is 0 Å². The third-order valence-corrected chi connectivity index (χ3v) is 4.58. The molecule has 4 aromatic rings. The van der Waals surface area contributed by atoms with E-state index < -0.39 is 5.82 Å². The van der Waals surface area contributed by atoms with Gasteiger partial charge in [-0.15, -0.1) is 0 Å². The molecule has 0 radical (unpaired) electrons. The first-order valence-corrected chi connectivity index (χ1v) is 8.75. The van der Waals surface area contributed by atoms with Gasteiger partial charge in [-0.2, -0.15) is 0 Å². The Kier molecular flexibility index (Phi) is 4.60. The van der Waals surface area contributed by atoms with Crippen LogP contribution in [0.1, 0.15) is 5.56 Å². The molecule has 2 aromatic carbocycles. The van der Waals surface area contributed by atoms with Crippen LogP contribution in [-0.4, -0.2) is 15.3 Å². The monoisotopic (exact) mass is 379 g/mol. The van der Waals surface area contributed by atoms with Gasteiger partial charge in [0.05, 0.1) is 12.1 Å². The average molecular weight is 380 g/mol. The van der Waals surface area contributed by atoms with Gasteiger partial charge in [-0.25, -0.2) is 9.37 Å². The maximum Gasteiger partial charge on any atom is 0.228 e. The van der Waals surface area contributed by atoms with Crippen LogP contribution in [0.3, 0.4) is 0 Å². The number of fused-ring (bicyclic) bond motifs is 1. The van der Waals surface area contributed by atoms with E-state index in [0.29, 0.717) is 5.69 Å². The van der Waals surface area contributed by atoms with Crippen LogP contribution < -0.4 is 5.32 Å². The van der Waals surface area contributed by atoms with Gasteiger partial charge in [0.1, 0.15) is 11.5 Å².